The molecule has 2 saturated heterocycles. The van der Waals surface area contributed by atoms with Gasteiger partial charge in [0.15, 0.2) is 5.79 Å². The first-order chi connectivity index (χ1) is 13.5. The molecule has 2 unspecified atom stereocenters. The molecule has 1 aromatic rings. The molecule has 1 aromatic carbocycles. The van der Waals surface area contributed by atoms with Gasteiger partial charge < -0.3 is 19.3 Å². The first-order valence-corrected chi connectivity index (χ1v) is 11.0. The molecule has 0 bridgehead atoms. The number of benzene rings is 1. The highest BCUT2D eigenvalue weighted by Gasteiger charge is 2.75. The average molecular weight is 399 g/mol. The van der Waals surface area contributed by atoms with Crippen LogP contribution in [0.2, 0.25) is 0 Å². The number of aliphatic hydroxyl groups is 1. The van der Waals surface area contributed by atoms with Crippen molar-refractivity contribution in [3.63, 3.8) is 0 Å². The van der Waals surface area contributed by atoms with Crippen molar-refractivity contribution in [2.24, 2.45) is 17.8 Å². The third kappa shape index (κ3) is 2.06. The van der Waals surface area contributed by atoms with Crippen LogP contribution in [0.5, 0.6) is 5.75 Å². The number of aliphatic hydroxyl groups excluding tert-OH is 1. The molecule has 2 spiro atoms. The van der Waals surface area contributed by atoms with E-state index in [4.69, 9.17) is 14.2 Å². The van der Waals surface area contributed by atoms with Crippen LogP contribution in [-0.2, 0) is 14.9 Å². The summed E-state index contributed by atoms with van der Waals surface area (Å²) >= 11 is 0. The fourth-order valence-electron chi connectivity index (χ4n) is 6.97. The second-order valence-corrected chi connectivity index (χ2v) is 10.5. The van der Waals surface area contributed by atoms with E-state index in [1.807, 2.05) is 0 Å². The van der Waals surface area contributed by atoms with Crippen molar-refractivity contribution in [1.82, 2.24) is 0 Å². The minimum Gasteiger partial charge on any atom is -0.496 e. The van der Waals surface area contributed by atoms with Gasteiger partial charge in [0.25, 0.3) is 0 Å². The number of fused-ring (bicyclic) bond motifs is 2. The zero-order chi connectivity index (χ0) is 21.0. The Kier molecular flexibility index (Phi) is 3.82. The van der Waals surface area contributed by atoms with Crippen LogP contribution in [-0.4, -0.2) is 35.3 Å². The molecule has 4 nitrogen and oxygen atoms in total. The van der Waals surface area contributed by atoms with Gasteiger partial charge in [-0.1, -0.05) is 39.0 Å². The second-order valence-electron chi connectivity index (χ2n) is 10.5. The highest BCUT2D eigenvalue weighted by molar-refractivity contribution is 5.69. The van der Waals surface area contributed by atoms with Crippen LogP contribution < -0.4 is 4.74 Å². The summed E-state index contributed by atoms with van der Waals surface area (Å²) < 4.78 is 19.2. The maximum Gasteiger partial charge on any atom is 0.199 e. The van der Waals surface area contributed by atoms with Gasteiger partial charge in [-0.2, -0.15) is 0 Å². The smallest absolute Gasteiger partial charge is 0.199 e. The molecule has 1 saturated carbocycles. The van der Waals surface area contributed by atoms with E-state index in [1.165, 1.54) is 16.7 Å². The van der Waals surface area contributed by atoms with Gasteiger partial charge in [-0.25, -0.2) is 0 Å². The van der Waals surface area contributed by atoms with Gasteiger partial charge in [-0.15, -0.1) is 0 Å². The van der Waals surface area contributed by atoms with Crippen molar-refractivity contribution in [1.29, 1.82) is 0 Å². The maximum absolute atomic E-state index is 11.3. The Morgan fingerprint density at radius 2 is 1.83 bits per heavy atom. The van der Waals surface area contributed by atoms with E-state index in [-0.39, 0.29) is 17.3 Å². The lowest BCUT2D eigenvalue weighted by molar-refractivity contribution is -0.294. The lowest BCUT2D eigenvalue weighted by Gasteiger charge is -2.46. The minimum absolute atomic E-state index is 0.0118. The van der Waals surface area contributed by atoms with Crippen LogP contribution in [0, 0.1) is 24.7 Å². The first-order valence-electron chi connectivity index (χ1n) is 11.0. The van der Waals surface area contributed by atoms with Gasteiger partial charge >= 0.3 is 0 Å². The minimum atomic E-state index is -0.946. The van der Waals surface area contributed by atoms with Crippen molar-refractivity contribution in [2.75, 3.05) is 7.11 Å². The highest BCUT2D eigenvalue weighted by atomic mass is 16.7. The van der Waals surface area contributed by atoms with Crippen molar-refractivity contribution in [2.45, 2.75) is 82.9 Å². The Morgan fingerprint density at radius 1 is 1.10 bits per heavy atom. The van der Waals surface area contributed by atoms with Gasteiger partial charge in [0, 0.05) is 23.2 Å². The summed E-state index contributed by atoms with van der Waals surface area (Å²) in [6, 6.07) is 4.30. The Labute approximate surface area is 174 Å². The molecule has 7 atom stereocenters. The Morgan fingerprint density at radius 3 is 2.45 bits per heavy atom. The van der Waals surface area contributed by atoms with Crippen LogP contribution in [0.1, 0.15) is 64.2 Å². The van der Waals surface area contributed by atoms with Gasteiger partial charge in [0.2, 0.25) is 0 Å². The summed E-state index contributed by atoms with van der Waals surface area (Å²) in [6.45, 7) is 12.9. The Hall–Kier alpha value is -1.36. The van der Waals surface area contributed by atoms with Gasteiger partial charge in [-0.3, -0.25) is 0 Å². The zero-order valence-corrected chi connectivity index (χ0v) is 18.7. The molecule has 2 aliphatic carbocycles. The number of rotatable bonds is 1. The summed E-state index contributed by atoms with van der Waals surface area (Å²) in [5, 5.41) is 11.3. The molecular formula is C25H34O4. The predicted octanol–water partition coefficient (Wildman–Crippen LogP) is 4.61. The van der Waals surface area contributed by atoms with E-state index < -0.39 is 23.1 Å². The van der Waals surface area contributed by atoms with Gasteiger partial charge in [0.05, 0.1) is 12.7 Å². The lowest BCUT2D eigenvalue weighted by atomic mass is 9.63. The monoisotopic (exact) mass is 398 g/mol. The molecule has 0 amide bonds. The Bertz CT molecular complexity index is 904. The SMILES string of the molecule is COc1ccc2c(c1C)C=CC13O[C@]4(OC(C)(C)[C@@H](C)[C@H]4O)[C@@H](C)C1CC[C@]23C. The zero-order valence-electron chi connectivity index (χ0n) is 18.7. The van der Waals surface area contributed by atoms with Gasteiger partial charge in [-0.05, 0) is 56.4 Å². The number of ether oxygens (including phenoxy) is 3. The number of methoxy groups -OCH3 is 1. The maximum atomic E-state index is 11.3. The van der Waals surface area contributed by atoms with E-state index in [0.717, 1.165) is 18.6 Å². The molecule has 158 valence electrons. The van der Waals surface area contributed by atoms with Crippen molar-refractivity contribution in [3.8, 4) is 5.75 Å². The topological polar surface area (TPSA) is 47.9 Å². The summed E-state index contributed by atoms with van der Waals surface area (Å²) in [5.74, 6) is 0.422. The quantitative estimate of drug-likeness (QED) is 0.751. The van der Waals surface area contributed by atoms with Crippen LogP contribution in [0.15, 0.2) is 18.2 Å². The van der Waals surface area contributed by atoms with Crippen molar-refractivity contribution < 1.29 is 19.3 Å². The molecule has 29 heavy (non-hydrogen) atoms. The van der Waals surface area contributed by atoms with Crippen LogP contribution in [0.4, 0.5) is 0 Å². The standard InChI is InChI=1S/C25H34O4/c1-14-17-10-13-24-18(11-12-23(24,6)19(17)8-9-20(14)27-7)15(2)25(29-24)21(26)16(3)22(4,5)28-25/h8-10,13,15-16,18,21,26H,11-12H2,1-7H3/t15-,16-,18?,21+,23+,24?,25+/m0/s1. The third-order valence-corrected chi connectivity index (χ3v) is 9.12. The molecule has 3 fully saturated rings. The summed E-state index contributed by atoms with van der Waals surface area (Å²) in [5.41, 5.74) is 2.71. The van der Waals surface area contributed by atoms with Crippen molar-refractivity contribution >= 4 is 6.08 Å². The fourth-order valence-corrected chi connectivity index (χ4v) is 6.97. The number of hydrogen-bond acceptors (Lipinski definition) is 4. The summed E-state index contributed by atoms with van der Waals surface area (Å²) in [7, 11) is 1.73. The normalized spacial score (nSPS) is 46.6. The van der Waals surface area contributed by atoms with Crippen LogP contribution in [0.3, 0.4) is 0 Å². The molecule has 4 aliphatic rings. The molecule has 2 heterocycles. The largest absolute Gasteiger partial charge is 0.496 e. The molecule has 0 radical (unpaired) electrons. The molecule has 1 N–H and O–H groups in total. The molecule has 2 aliphatic heterocycles. The van der Waals surface area contributed by atoms with Crippen LogP contribution >= 0.6 is 0 Å². The van der Waals surface area contributed by atoms with E-state index in [9.17, 15) is 5.11 Å². The van der Waals surface area contributed by atoms with Crippen molar-refractivity contribution in [3.05, 3.63) is 34.9 Å². The van der Waals surface area contributed by atoms with Gasteiger partial charge in [0.1, 0.15) is 17.5 Å². The molecular weight excluding hydrogens is 364 g/mol. The van der Waals surface area contributed by atoms with E-state index in [0.29, 0.717) is 5.92 Å². The molecule has 5 rings (SSSR count). The van der Waals surface area contributed by atoms with E-state index in [2.05, 4.69) is 65.8 Å². The van der Waals surface area contributed by atoms with E-state index in [1.54, 1.807) is 7.11 Å². The summed E-state index contributed by atoms with van der Waals surface area (Å²) in [4.78, 5) is 0. The summed E-state index contributed by atoms with van der Waals surface area (Å²) in [6.07, 6.45) is 5.99. The first kappa shape index (κ1) is 19.6. The van der Waals surface area contributed by atoms with E-state index >= 15 is 0 Å². The highest BCUT2D eigenvalue weighted by Crippen LogP contribution is 2.69. The molecule has 4 heteroatoms. The second kappa shape index (κ2) is 5.66. The predicted molar refractivity (Wildman–Crippen MR) is 113 cm³/mol. The lowest BCUT2D eigenvalue weighted by Crippen LogP contribution is -2.53. The Balaban J connectivity index is 1.66. The molecule has 0 aromatic heterocycles. The van der Waals surface area contributed by atoms with Crippen LogP contribution in [0.25, 0.3) is 6.08 Å². The number of hydrogen-bond donors (Lipinski definition) is 1. The third-order valence-electron chi connectivity index (χ3n) is 9.12. The fraction of sp³-hybridized carbons (Fsp3) is 0.680. The average Bonchev–Trinajstić information content (AvgIpc) is 3.16.